The van der Waals surface area contributed by atoms with Gasteiger partial charge in [0, 0.05) is 4.90 Å². The van der Waals surface area contributed by atoms with Crippen molar-refractivity contribution in [2.24, 2.45) is 0 Å². The molecule has 0 saturated carbocycles. The lowest BCUT2D eigenvalue weighted by Gasteiger charge is -2.23. The maximum Gasteiger partial charge on any atom is 0.00458 e. The van der Waals surface area contributed by atoms with Crippen LogP contribution in [0.1, 0.15) is 43.9 Å². The first-order chi connectivity index (χ1) is 6.48. The molecule has 0 fully saturated rings. The van der Waals surface area contributed by atoms with Gasteiger partial charge in [-0.3, -0.25) is 0 Å². The summed E-state index contributed by atoms with van der Waals surface area (Å²) in [6.07, 6.45) is 3.82. The summed E-state index contributed by atoms with van der Waals surface area (Å²) in [5.74, 6) is 0. The Morgan fingerprint density at radius 2 is 1.86 bits per heavy atom. The van der Waals surface area contributed by atoms with E-state index in [1.165, 1.54) is 30.4 Å². The van der Waals surface area contributed by atoms with Crippen molar-refractivity contribution in [1.29, 1.82) is 0 Å². The highest BCUT2D eigenvalue weighted by molar-refractivity contribution is 7.80. The molecule has 1 aliphatic carbocycles. The van der Waals surface area contributed by atoms with Gasteiger partial charge in [0.15, 0.2) is 0 Å². The lowest BCUT2D eigenvalue weighted by molar-refractivity contribution is 0.582. The Labute approximate surface area is 92.1 Å². The number of rotatable bonds is 0. The van der Waals surface area contributed by atoms with E-state index >= 15 is 0 Å². The molecule has 0 bridgehead atoms. The number of hydrogen-bond acceptors (Lipinski definition) is 1. The van der Waals surface area contributed by atoms with Gasteiger partial charge in [0.05, 0.1) is 0 Å². The van der Waals surface area contributed by atoms with Crippen LogP contribution in [0.3, 0.4) is 0 Å². The van der Waals surface area contributed by atoms with E-state index in [0.717, 1.165) is 4.90 Å². The predicted molar refractivity (Wildman–Crippen MR) is 64.4 cm³/mol. The van der Waals surface area contributed by atoms with Crippen molar-refractivity contribution < 1.29 is 0 Å². The van der Waals surface area contributed by atoms with Crippen molar-refractivity contribution in [2.75, 3.05) is 0 Å². The Hall–Kier alpha value is -0.430. The van der Waals surface area contributed by atoms with Crippen LogP contribution in [0.4, 0.5) is 0 Å². The third kappa shape index (κ3) is 1.70. The van der Waals surface area contributed by atoms with Crippen LogP contribution in [0, 0.1) is 0 Å². The van der Waals surface area contributed by atoms with Crippen molar-refractivity contribution in [2.45, 2.75) is 50.3 Å². The van der Waals surface area contributed by atoms with Gasteiger partial charge in [-0.05, 0) is 53.5 Å². The molecule has 0 amide bonds. The van der Waals surface area contributed by atoms with E-state index in [1.54, 1.807) is 5.56 Å². The van der Waals surface area contributed by atoms with Crippen molar-refractivity contribution >= 4 is 12.6 Å². The van der Waals surface area contributed by atoms with E-state index in [2.05, 4.69) is 45.5 Å². The van der Waals surface area contributed by atoms with Gasteiger partial charge in [0.25, 0.3) is 0 Å². The van der Waals surface area contributed by atoms with Crippen LogP contribution in [0.2, 0.25) is 0 Å². The summed E-state index contributed by atoms with van der Waals surface area (Å²) in [5.41, 5.74) is 4.88. The predicted octanol–water partition coefficient (Wildman–Crippen LogP) is 3.76. The first kappa shape index (κ1) is 10.1. The number of aryl methyl sites for hydroxylation is 1. The minimum atomic E-state index is 0.257. The monoisotopic (exact) mass is 206 g/mol. The molecule has 2 rings (SSSR count). The summed E-state index contributed by atoms with van der Waals surface area (Å²) in [6, 6.07) is 4.48. The average Bonchev–Trinajstić information content (AvgIpc) is 2.47. The minimum absolute atomic E-state index is 0.257. The Bertz CT molecular complexity index is 358. The Balaban J connectivity index is 2.60. The second-order valence-corrected chi connectivity index (χ2v) is 5.75. The SMILES string of the molecule is CC(C)(C)c1cc(S)cc2c1CCC2. The maximum atomic E-state index is 4.48. The molecule has 0 spiro atoms. The van der Waals surface area contributed by atoms with Crippen LogP contribution in [0.25, 0.3) is 0 Å². The molecule has 0 N–H and O–H groups in total. The quantitative estimate of drug-likeness (QED) is 0.614. The molecule has 0 nitrogen and oxygen atoms in total. The smallest absolute Gasteiger partial charge is 0.00458 e. The second-order valence-electron chi connectivity index (χ2n) is 5.23. The molecule has 0 heterocycles. The van der Waals surface area contributed by atoms with Gasteiger partial charge in [0.1, 0.15) is 0 Å². The molecular weight excluding hydrogens is 188 g/mol. The third-order valence-electron chi connectivity index (χ3n) is 3.01. The molecule has 1 heteroatoms. The standard InChI is InChI=1S/C13H18S/c1-13(2,3)12-8-10(14)7-9-5-4-6-11(9)12/h7-8,14H,4-6H2,1-3H3. The fourth-order valence-corrected chi connectivity index (χ4v) is 2.64. The molecule has 0 radical (unpaired) electrons. The summed E-state index contributed by atoms with van der Waals surface area (Å²) in [4.78, 5) is 1.12. The summed E-state index contributed by atoms with van der Waals surface area (Å²) in [6.45, 7) is 6.86. The molecule has 1 aromatic carbocycles. The highest BCUT2D eigenvalue weighted by Crippen LogP contribution is 2.35. The normalized spacial score (nSPS) is 15.7. The number of hydrogen-bond donors (Lipinski definition) is 1. The fourth-order valence-electron chi connectivity index (χ4n) is 2.36. The summed E-state index contributed by atoms with van der Waals surface area (Å²) in [7, 11) is 0. The van der Waals surface area contributed by atoms with Gasteiger partial charge >= 0.3 is 0 Å². The number of benzene rings is 1. The molecule has 1 aromatic rings. The topological polar surface area (TPSA) is 0 Å². The lowest BCUT2D eigenvalue weighted by atomic mass is 9.82. The summed E-state index contributed by atoms with van der Waals surface area (Å²) < 4.78 is 0. The average molecular weight is 206 g/mol. The highest BCUT2D eigenvalue weighted by Gasteiger charge is 2.23. The van der Waals surface area contributed by atoms with Crippen LogP contribution < -0.4 is 0 Å². The van der Waals surface area contributed by atoms with E-state index in [0.29, 0.717) is 0 Å². The summed E-state index contributed by atoms with van der Waals surface area (Å²) >= 11 is 4.48. The first-order valence-electron chi connectivity index (χ1n) is 5.34. The minimum Gasteiger partial charge on any atom is -0.143 e. The van der Waals surface area contributed by atoms with Crippen molar-refractivity contribution in [1.82, 2.24) is 0 Å². The van der Waals surface area contributed by atoms with Gasteiger partial charge in [-0.15, -0.1) is 12.6 Å². The first-order valence-corrected chi connectivity index (χ1v) is 5.78. The van der Waals surface area contributed by atoms with Crippen LogP contribution in [-0.2, 0) is 18.3 Å². The molecule has 1 aliphatic rings. The Morgan fingerprint density at radius 3 is 2.50 bits per heavy atom. The zero-order valence-corrected chi connectivity index (χ0v) is 10.1. The largest absolute Gasteiger partial charge is 0.143 e. The molecular formula is C13H18S. The molecule has 0 unspecified atom stereocenters. The molecule has 14 heavy (non-hydrogen) atoms. The van der Waals surface area contributed by atoms with E-state index in [4.69, 9.17) is 0 Å². The molecule has 76 valence electrons. The number of fused-ring (bicyclic) bond motifs is 1. The zero-order valence-electron chi connectivity index (χ0n) is 9.22. The molecule has 0 aliphatic heterocycles. The second kappa shape index (κ2) is 3.30. The van der Waals surface area contributed by atoms with Crippen molar-refractivity contribution in [3.63, 3.8) is 0 Å². The van der Waals surface area contributed by atoms with Crippen LogP contribution in [-0.4, -0.2) is 0 Å². The molecule has 0 saturated heterocycles. The van der Waals surface area contributed by atoms with Gasteiger partial charge in [-0.2, -0.15) is 0 Å². The van der Waals surface area contributed by atoms with Crippen LogP contribution >= 0.6 is 12.6 Å². The highest BCUT2D eigenvalue weighted by atomic mass is 32.1. The Morgan fingerprint density at radius 1 is 1.14 bits per heavy atom. The third-order valence-corrected chi connectivity index (χ3v) is 3.27. The summed E-state index contributed by atoms with van der Waals surface area (Å²) in [5, 5.41) is 0. The van der Waals surface area contributed by atoms with E-state index < -0.39 is 0 Å². The molecule has 0 atom stereocenters. The van der Waals surface area contributed by atoms with E-state index in [1.807, 2.05) is 0 Å². The van der Waals surface area contributed by atoms with Crippen molar-refractivity contribution in [3.05, 3.63) is 28.8 Å². The van der Waals surface area contributed by atoms with Gasteiger partial charge in [-0.25, -0.2) is 0 Å². The number of thiol groups is 1. The lowest BCUT2D eigenvalue weighted by Crippen LogP contribution is -2.14. The van der Waals surface area contributed by atoms with E-state index in [9.17, 15) is 0 Å². The Kier molecular flexibility index (Phi) is 2.38. The van der Waals surface area contributed by atoms with Gasteiger partial charge < -0.3 is 0 Å². The van der Waals surface area contributed by atoms with Crippen molar-refractivity contribution in [3.8, 4) is 0 Å². The fraction of sp³-hybridized carbons (Fsp3) is 0.538. The van der Waals surface area contributed by atoms with E-state index in [-0.39, 0.29) is 5.41 Å². The van der Waals surface area contributed by atoms with Gasteiger partial charge in [0.2, 0.25) is 0 Å². The van der Waals surface area contributed by atoms with Crippen LogP contribution in [0.5, 0.6) is 0 Å². The molecule has 0 aromatic heterocycles. The maximum absolute atomic E-state index is 4.48. The van der Waals surface area contributed by atoms with Gasteiger partial charge in [-0.1, -0.05) is 20.8 Å². The van der Waals surface area contributed by atoms with Crippen LogP contribution in [0.15, 0.2) is 17.0 Å². The zero-order chi connectivity index (χ0) is 10.3.